The van der Waals surface area contributed by atoms with Crippen LogP contribution in [0.15, 0.2) is 64.8 Å². The summed E-state index contributed by atoms with van der Waals surface area (Å²) in [5, 5.41) is 9.11. The van der Waals surface area contributed by atoms with E-state index in [4.69, 9.17) is 4.74 Å². The lowest BCUT2D eigenvalue weighted by Gasteiger charge is -2.16. The summed E-state index contributed by atoms with van der Waals surface area (Å²) in [7, 11) is 1.64. The number of thioether (sulfide) groups is 1. The molecule has 1 aliphatic rings. The minimum atomic E-state index is -0.0843. The van der Waals surface area contributed by atoms with Crippen molar-refractivity contribution in [3.8, 4) is 5.75 Å². The van der Waals surface area contributed by atoms with Gasteiger partial charge < -0.3 is 4.74 Å². The normalized spacial score (nSPS) is 18.6. The fourth-order valence-electron chi connectivity index (χ4n) is 2.77. The highest BCUT2D eigenvalue weighted by atomic mass is 32.2. The molecule has 0 aliphatic carbocycles. The van der Waals surface area contributed by atoms with Crippen molar-refractivity contribution >= 4 is 29.1 Å². The maximum Gasteiger partial charge on any atom is 0.242 e. The van der Waals surface area contributed by atoms with E-state index in [2.05, 4.69) is 17.1 Å². The Bertz CT molecular complexity index is 819. The molecule has 0 spiro atoms. The average molecular weight is 382 g/mol. The minimum absolute atomic E-state index is 0.0843. The van der Waals surface area contributed by atoms with Crippen molar-refractivity contribution in [1.82, 2.24) is 4.90 Å². The first kappa shape index (κ1) is 19.2. The van der Waals surface area contributed by atoms with Crippen LogP contribution >= 0.6 is 11.8 Å². The second kappa shape index (κ2) is 9.37. The fourth-order valence-corrected chi connectivity index (χ4v) is 3.99. The van der Waals surface area contributed by atoms with E-state index >= 15 is 0 Å². The lowest BCUT2D eigenvalue weighted by atomic mass is 10.2. The number of ether oxygens (including phenoxy) is 1. The van der Waals surface area contributed by atoms with Gasteiger partial charge in [0, 0.05) is 0 Å². The van der Waals surface area contributed by atoms with Gasteiger partial charge in [-0.2, -0.15) is 5.10 Å². The number of amidine groups is 1. The fraction of sp³-hybridized carbons (Fsp3) is 0.286. The molecule has 1 atom stereocenters. The van der Waals surface area contributed by atoms with Crippen LogP contribution < -0.4 is 4.74 Å². The molecule has 6 heteroatoms. The maximum atomic E-state index is 12.8. The third-order valence-electron chi connectivity index (χ3n) is 4.22. The van der Waals surface area contributed by atoms with Crippen LogP contribution in [0, 0.1) is 0 Å². The van der Waals surface area contributed by atoms with Gasteiger partial charge in [-0.1, -0.05) is 67.6 Å². The molecule has 0 saturated carbocycles. The summed E-state index contributed by atoms with van der Waals surface area (Å²) in [6.45, 7) is 2.57. The van der Waals surface area contributed by atoms with Gasteiger partial charge in [0.15, 0.2) is 5.17 Å². The number of methoxy groups -OCH3 is 1. The second-order valence-electron chi connectivity index (χ2n) is 6.21. The van der Waals surface area contributed by atoms with E-state index < -0.39 is 0 Å². The first-order valence-corrected chi connectivity index (χ1v) is 9.86. The molecule has 1 amide bonds. The Labute approximate surface area is 164 Å². The van der Waals surface area contributed by atoms with Gasteiger partial charge in [-0.25, -0.2) is 0 Å². The molecule has 2 aromatic rings. The molecule has 1 heterocycles. The highest BCUT2D eigenvalue weighted by Crippen LogP contribution is 2.31. The van der Waals surface area contributed by atoms with Crippen molar-refractivity contribution < 1.29 is 9.53 Å². The highest BCUT2D eigenvalue weighted by molar-refractivity contribution is 8.15. The van der Waals surface area contributed by atoms with Crippen LogP contribution in [0.1, 0.15) is 30.9 Å². The number of hydrogen-bond acceptors (Lipinski definition) is 5. The Morgan fingerprint density at radius 3 is 2.56 bits per heavy atom. The summed E-state index contributed by atoms with van der Waals surface area (Å²) in [4.78, 5) is 14.5. The van der Waals surface area contributed by atoms with Crippen LogP contribution in [0.25, 0.3) is 0 Å². The molecular formula is C21H23N3O2S. The Morgan fingerprint density at radius 2 is 1.89 bits per heavy atom. The quantitative estimate of drug-likeness (QED) is 0.530. The lowest BCUT2D eigenvalue weighted by molar-refractivity contribution is -0.126. The number of rotatable bonds is 7. The van der Waals surface area contributed by atoms with Crippen LogP contribution in [-0.4, -0.2) is 34.5 Å². The molecule has 3 rings (SSSR count). The highest BCUT2D eigenvalue weighted by Gasteiger charge is 2.37. The monoisotopic (exact) mass is 381 g/mol. The Hall–Kier alpha value is -2.60. The van der Waals surface area contributed by atoms with Crippen LogP contribution in [0.2, 0.25) is 0 Å². The molecular weight excluding hydrogens is 358 g/mol. The van der Waals surface area contributed by atoms with Gasteiger partial charge in [0.2, 0.25) is 5.91 Å². The van der Waals surface area contributed by atoms with E-state index in [-0.39, 0.29) is 11.2 Å². The predicted molar refractivity (Wildman–Crippen MR) is 111 cm³/mol. The standard InChI is InChI=1S/C21H23N3O2S/c1-3-7-19-20(25)24(15-17-10-12-18(26-2)13-11-17)21(27-19)23-22-14-16-8-5-4-6-9-16/h4-6,8-14,19H,3,7,15H2,1-2H3/b22-14-,23-21+/t19-/m0/s1. The number of benzene rings is 2. The van der Waals surface area contributed by atoms with E-state index in [0.29, 0.717) is 11.7 Å². The molecule has 1 aliphatic heterocycles. The van der Waals surface area contributed by atoms with Crippen LogP contribution in [0.5, 0.6) is 5.75 Å². The second-order valence-corrected chi connectivity index (χ2v) is 7.38. The average Bonchev–Trinajstić information content (AvgIpc) is 2.99. The zero-order valence-electron chi connectivity index (χ0n) is 15.5. The van der Waals surface area contributed by atoms with Crippen molar-refractivity contribution in [3.05, 3.63) is 65.7 Å². The molecule has 140 valence electrons. The summed E-state index contributed by atoms with van der Waals surface area (Å²) in [5.74, 6) is 0.900. The van der Waals surface area contributed by atoms with E-state index in [1.54, 1.807) is 18.2 Å². The molecule has 0 aromatic heterocycles. The lowest BCUT2D eigenvalue weighted by Crippen LogP contribution is -2.31. The topological polar surface area (TPSA) is 54.3 Å². The zero-order chi connectivity index (χ0) is 19.1. The molecule has 1 fully saturated rings. The van der Waals surface area contributed by atoms with E-state index in [1.807, 2.05) is 54.6 Å². The molecule has 2 aromatic carbocycles. The van der Waals surface area contributed by atoms with E-state index in [1.165, 1.54) is 11.8 Å². The predicted octanol–water partition coefficient (Wildman–Crippen LogP) is 4.33. The number of carbonyl (C=O) groups is 1. The Kier molecular flexibility index (Phi) is 6.65. The Balaban J connectivity index is 1.78. The first-order chi connectivity index (χ1) is 13.2. The van der Waals surface area contributed by atoms with Gasteiger partial charge in [0.1, 0.15) is 5.75 Å². The van der Waals surface area contributed by atoms with Gasteiger partial charge in [0.05, 0.1) is 25.1 Å². The van der Waals surface area contributed by atoms with Crippen molar-refractivity contribution in [2.45, 2.75) is 31.6 Å². The third-order valence-corrected chi connectivity index (χ3v) is 5.46. The van der Waals surface area contributed by atoms with Crippen LogP contribution in [0.3, 0.4) is 0 Å². The number of amides is 1. The summed E-state index contributed by atoms with van der Waals surface area (Å²) < 4.78 is 5.20. The van der Waals surface area contributed by atoms with Crippen LogP contribution in [-0.2, 0) is 11.3 Å². The summed E-state index contributed by atoms with van der Waals surface area (Å²) >= 11 is 1.50. The number of carbonyl (C=O) groups excluding carboxylic acids is 1. The molecule has 0 radical (unpaired) electrons. The van der Waals surface area contributed by atoms with Gasteiger partial charge in [0.25, 0.3) is 0 Å². The largest absolute Gasteiger partial charge is 0.497 e. The minimum Gasteiger partial charge on any atom is -0.497 e. The van der Waals surface area contributed by atoms with Gasteiger partial charge in [-0.3, -0.25) is 9.69 Å². The smallest absolute Gasteiger partial charge is 0.242 e. The molecule has 1 saturated heterocycles. The van der Waals surface area contributed by atoms with E-state index in [9.17, 15) is 4.79 Å². The van der Waals surface area contributed by atoms with Crippen molar-refractivity contribution in [2.24, 2.45) is 10.2 Å². The summed E-state index contributed by atoms with van der Waals surface area (Å²) in [6, 6.07) is 17.5. The van der Waals surface area contributed by atoms with Gasteiger partial charge >= 0.3 is 0 Å². The molecule has 5 nitrogen and oxygen atoms in total. The number of nitrogens with zero attached hydrogens (tertiary/aromatic N) is 3. The summed E-state index contributed by atoms with van der Waals surface area (Å²) in [6.07, 6.45) is 3.50. The molecule has 0 N–H and O–H groups in total. The van der Waals surface area contributed by atoms with E-state index in [0.717, 1.165) is 29.7 Å². The van der Waals surface area contributed by atoms with Crippen molar-refractivity contribution in [2.75, 3.05) is 7.11 Å². The maximum absolute atomic E-state index is 12.8. The third kappa shape index (κ3) is 4.98. The number of hydrogen-bond donors (Lipinski definition) is 0. The van der Waals surface area contributed by atoms with Gasteiger partial charge in [-0.15, -0.1) is 5.10 Å². The van der Waals surface area contributed by atoms with Crippen LogP contribution in [0.4, 0.5) is 0 Å². The summed E-state index contributed by atoms with van der Waals surface area (Å²) in [5.41, 5.74) is 2.00. The van der Waals surface area contributed by atoms with Crippen molar-refractivity contribution in [3.63, 3.8) is 0 Å². The Morgan fingerprint density at radius 1 is 1.15 bits per heavy atom. The molecule has 27 heavy (non-hydrogen) atoms. The molecule has 0 bridgehead atoms. The SMILES string of the molecule is CCC[C@@H]1S/C(=N/N=C\c2ccccc2)N(Cc2ccc(OC)cc2)C1=O. The van der Waals surface area contributed by atoms with Gasteiger partial charge in [-0.05, 0) is 29.7 Å². The first-order valence-electron chi connectivity index (χ1n) is 8.98. The molecule has 0 unspecified atom stereocenters. The van der Waals surface area contributed by atoms with Crippen molar-refractivity contribution in [1.29, 1.82) is 0 Å². The zero-order valence-corrected chi connectivity index (χ0v) is 16.4.